The molecule has 0 aliphatic heterocycles. The zero-order chi connectivity index (χ0) is 11.7. The summed E-state index contributed by atoms with van der Waals surface area (Å²) in [5.41, 5.74) is 0.576. The summed E-state index contributed by atoms with van der Waals surface area (Å²) in [6.45, 7) is 3.65. The molecule has 2 rings (SSSR count). The Morgan fingerprint density at radius 1 is 1.31 bits per heavy atom. The van der Waals surface area contributed by atoms with Crippen LogP contribution in [-0.4, -0.2) is 14.8 Å². The van der Waals surface area contributed by atoms with E-state index in [1.165, 1.54) is 6.07 Å². The molecule has 16 heavy (non-hydrogen) atoms. The fraction of sp³-hybridized carbons (Fsp3) is 0.273. The van der Waals surface area contributed by atoms with Gasteiger partial charge < -0.3 is 0 Å². The average molecular weight is 240 g/mol. The van der Waals surface area contributed by atoms with E-state index in [0.717, 1.165) is 0 Å². The van der Waals surface area contributed by atoms with Crippen molar-refractivity contribution in [2.75, 3.05) is 0 Å². The van der Waals surface area contributed by atoms with Crippen LogP contribution >= 0.6 is 11.6 Å². The smallest absolute Gasteiger partial charge is 0.225 e. The van der Waals surface area contributed by atoms with Crippen LogP contribution in [0.3, 0.4) is 0 Å². The van der Waals surface area contributed by atoms with E-state index < -0.39 is 0 Å². The van der Waals surface area contributed by atoms with Crippen molar-refractivity contribution < 1.29 is 4.39 Å². The molecule has 5 heteroatoms. The van der Waals surface area contributed by atoms with Gasteiger partial charge >= 0.3 is 0 Å². The minimum absolute atomic E-state index is 0.219. The Hall–Kier alpha value is -1.42. The van der Waals surface area contributed by atoms with Crippen LogP contribution in [0.5, 0.6) is 0 Å². The molecule has 1 heterocycles. The second-order valence-corrected chi connectivity index (χ2v) is 3.92. The topological polar surface area (TPSA) is 30.7 Å². The molecule has 1 aromatic carbocycles. The van der Waals surface area contributed by atoms with Gasteiger partial charge in [0, 0.05) is 5.56 Å². The van der Waals surface area contributed by atoms with Gasteiger partial charge in [-0.25, -0.2) is 4.39 Å². The van der Waals surface area contributed by atoms with Gasteiger partial charge in [-0.05, 0) is 31.5 Å². The highest BCUT2D eigenvalue weighted by Gasteiger charge is 2.17. The van der Waals surface area contributed by atoms with Crippen molar-refractivity contribution in [1.29, 1.82) is 0 Å². The second kappa shape index (κ2) is 4.22. The van der Waals surface area contributed by atoms with E-state index in [0.29, 0.717) is 11.4 Å². The van der Waals surface area contributed by atoms with Gasteiger partial charge in [0.05, 0.1) is 6.04 Å². The summed E-state index contributed by atoms with van der Waals surface area (Å²) in [4.78, 5) is 0. The molecule has 2 aromatic rings. The van der Waals surface area contributed by atoms with Crippen LogP contribution < -0.4 is 0 Å². The molecule has 0 saturated heterocycles. The third-order valence-electron chi connectivity index (χ3n) is 2.57. The van der Waals surface area contributed by atoms with Crippen molar-refractivity contribution in [3.63, 3.8) is 0 Å². The molecule has 84 valence electrons. The number of aryl methyl sites for hydroxylation is 1. The average Bonchev–Trinajstić information content (AvgIpc) is 2.58. The molecule has 0 N–H and O–H groups in total. The number of nitrogens with zero attached hydrogens (tertiary/aromatic N) is 3. The number of benzene rings is 1. The van der Waals surface area contributed by atoms with Crippen molar-refractivity contribution in [3.05, 3.63) is 46.8 Å². The Kier molecular flexibility index (Phi) is 2.92. The molecular formula is C11H11ClFN3. The summed E-state index contributed by atoms with van der Waals surface area (Å²) < 4.78 is 15.3. The van der Waals surface area contributed by atoms with Gasteiger partial charge in [-0.3, -0.25) is 4.57 Å². The van der Waals surface area contributed by atoms with Crippen LogP contribution in [-0.2, 0) is 0 Å². The monoisotopic (exact) mass is 239 g/mol. The zero-order valence-electron chi connectivity index (χ0n) is 8.98. The molecule has 1 unspecified atom stereocenters. The molecular weight excluding hydrogens is 229 g/mol. The summed E-state index contributed by atoms with van der Waals surface area (Å²) in [6.07, 6.45) is 0. The van der Waals surface area contributed by atoms with E-state index in [2.05, 4.69) is 10.2 Å². The first-order valence-electron chi connectivity index (χ1n) is 4.92. The molecule has 0 saturated carbocycles. The standard InChI is InChI=1S/C11H11ClFN3/c1-7(9-5-3-4-6-10(9)13)16-8(2)14-15-11(16)12/h3-7H,1-2H3. The maximum absolute atomic E-state index is 13.6. The van der Waals surface area contributed by atoms with Crippen LogP contribution in [0.1, 0.15) is 24.4 Å². The van der Waals surface area contributed by atoms with Crippen LogP contribution in [0.4, 0.5) is 4.39 Å². The lowest BCUT2D eigenvalue weighted by atomic mass is 10.1. The first-order chi connectivity index (χ1) is 7.61. The Morgan fingerprint density at radius 3 is 2.56 bits per heavy atom. The summed E-state index contributed by atoms with van der Waals surface area (Å²) in [6, 6.07) is 6.40. The van der Waals surface area contributed by atoms with E-state index in [9.17, 15) is 4.39 Å². The van der Waals surface area contributed by atoms with Crippen LogP contribution in [0.15, 0.2) is 24.3 Å². The molecule has 0 aliphatic rings. The molecule has 1 atom stereocenters. The molecule has 1 aromatic heterocycles. The molecule has 0 fully saturated rings. The number of halogens is 2. The normalized spacial score (nSPS) is 12.8. The van der Waals surface area contributed by atoms with Crippen LogP contribution in [0, 0.1) is 12.7 Å². The lowest BCUT2D eigenvalue weighted by Gasteiger charge is -2.16. The molecule has 3 nitrogen and oxygen atoms in total. The summed E-state index contributed by atoms with van der Waals surface area (Å²) in [5.74, 6) is 0.417. The largest absolute Gasteiger partial charge is 0.295 e. The molecule has 0 bridgehead atoms. The Bertz CT molecular complexity index is 490. The number of aromatic nitrogens is 3. The fourth-order valence-corrected chi connectivity index (χ4v) is 2.04. The van der Waals surface area contributed by atoms with Crippen molar-refractivity contribution >= 4 is 11.6 Å². The van der Waals surface area contributed by atoms with E-state index >= 15 is 0 Å². The van der Waals surface area contributed by atoms with Crippen LogP contribution in [0.25, 0.3) is 0 Å². The minimum Gasteiger partial charge on any atom is -0.295 e. The number of hydrogen-bond donors (Lipinski definition) is 0. The Labute approximate surface area is 97.9 Å². The van der Waals surface area contributed by atoms with E-state index in [-0.39, 0.29) is 17.1 Å². The van der Waals surface area contributed by atoms with Gasteiger partial charge in [-0.15, -0.1) is 10.2 Å². The molecule has 0 aliphatic carbocycles. The van der Waals surface area contributed by atoms with Crippen molar-refractivity contribution in [2.24, 2.45) is 0 Å². The third-order valence-corrected chi connectivity index (χ3v) is 2.82. The second-order valence-electron chi connectivity index (χ2n) is 3.58. The third kappa shape index (κ3) is 1.80. The van der Waals surface area contributed by atoms with Crippen molar-refractivity contribution in [3.8, 4) is 0 Å². The SMILES string of the molecule is Cc1nnc(Cl)n1C(C)c1ccccc1F. The molecule has 0 amide bonds. The highest BCUT2D eigenvalue weighted by molar-refractivity contribution is 6.28. The summed E-state index contributed by atoms with van der Waals surface area (Å²) >= 11 is 5.91. The highest BCUT2D eigenvalue weighted by Crippen LogP contribution is 2.24. The van der Waals surface area contributed by atoms with Gasteiger partial charge in [0.2, 0.25) is 5.28 Å². The van der Waals surface area contributed by atoms with E-state index in [4.69, 9.17) is 11.6 Å². The fourth-order valence-electron chi connectivity index (χ4n) is 1.74. The molecule has 0 spiro atoms. The Balaban J connectivity index is 2.47. The maximum Gasteiger partial charge on any atom is 0.225 e. The van der Waals surface area contributed by atoms with Gasteiger partial charge in [-0.1, -0.05) is 18.2 Å². The number of hydrogen-bond acceptors (Lipinski definition) is 2. The van der Waals surface area contributed by atoms with Crippen LogP contribution in [0.2, 0.25) is 5.28 Å². The summed E-state index contributed by atoms with van der Waals surface area (Å²) in [5, 5.41) is 7.87. The van der Waals surface area contributed by atoms with E-state index in [1.54, 1.807) is 29.7 Å². The predicted molar refractivity (Wildman–Crippen MR) is 60.0 cm³/mol. The lowest BCUT2D eigenvalue weighted by Crippen LogP contribution is -2.10. The highest BCUT2D eigenvalue weighted by atomic mass is 35.5. The van der Waals surface area contributed by atoms with E-state index in [1.807, 2.05) is 6.92 Å². The Morgan fingerprint density at radius 2 is 2.00 bits per heavy atom. The first-order valence-corrected chi connectivity index (χ1v) is 5.30. The quantitative estimate of drug-likeness (QED) is 0.807. The molecule has 0 radical (unpaired) electrons. The lowest BCUT2D eigenvalue weighted by molar-refractivity contribution is 0.550. The van der Waals surface area contributed by atoms with Crippen molar-refractivity contribution in [2.45, 2.75) is 19.9 Å². The summed E-state index contributed by atoms with van der Waals surface area (Å²) in [7, 11) is 0. The van der Waals surface area contributed by atoms with Gasteiger partial charge in [0.15, 0.2) is 0 Å². The predicted octanol–water partition coefficient (Wildman–Crippen LogP) is 2.99. The van der Waals surface area contributed by atoms with Gasteiger partial charge in [-0.2, -0.15) is 0 Å². The van der Waals surface area contributed by atoms with Gasteiger partial charge in [0.1, 0.15) is 11.6 Å². The van der Waals surface area contributed by atoms with Gasteiger partial charge in [0.25, 0.3) is 0 Å². The number of rotatable bonds is 2. The van der Waals surface area contributed by atoms with Crippen molar-refractivity contribution in [1.82, 2.24) is 14.8 Å². The first kappa shape index (κ1) is 11.1. The minimum atomic E-state index is -0.251. The zero-order valence-corrected chi connectivity index (χ0v) is 9.74. The maximum atomic E-state index is 13.6.